The summed E-state index contributed by atoms with van der Waals surface area (Å²) in [7, 11) is 0. The Morgan fingerprint density at radius 3 is 3.07 bits per heavy atom. The molecule has 2 rings (SSSR count). The smallest absolute Gasteiger partial charge is 0.111 e. The maximum Gasteiger partial charge on any atom is 0.111 e. The van der Waals surface area contributed by atoms with Gasteiger partial charge in [0.15, 0.2) is 0 Å². The molecule has 82 valence electrons. The summed E-state index contributed by atoms with van der Waals surface area (Å²) >= 11 is 0. The first-order valence-electron chi connectivity index (χ1n) is 5.70. The molecule has 15 heavy (non-hydrogen) atoms. The summed E-state index contributed by atoms with van der Waals surface area (Å²) in [6.45, 7) is 1.01. The normalized spacial score (nSPS) is 24.5. The van der Waals surface area contributed by atoms with Crippen LogP contribution in [0.3, 0.4) is 0 Å². The van der Waals surface area contributed by atoms with E-state index < -0.39 is 6.10 Å². The molecule has 3 heteroatoms. The number of aliphatic hydroxyl groups is 1. The summed E-state index contributed by atoms with van der Waals surface area (Å²) < 4.78 is 0. The van der Waals surface area contributed by atoms with Gasteiger partial charge in [-0.15, -0.1) is 0 Å². The lowest BCUT2D eigenvalue weighted by molar-refractivity contribution is 0.122. The van der Waals surface area contributed by atoms with Crippen LogP contribution in [0.1, 0.15) is 37.5 Å². The second-order valence-corrected chi connectivity index (χ2v) is 4.11. The molecule has 0 aromatic carbocycles. The average Bonchev–Trinajstić information content (AvgIpc) is 2.58. The van der Waals surface area contributed by atoms with Gasteiger partial charge in [0.05, 0.1) is 5.69 Å². The van der Waals surface area contributed by atoms with Gasteiger partial charge in [-0.05, 0) is 31.5 Å². The second kappa shape index (κ2) is 5.24. The molecule has 0 saturated carbocycles. The molecule has 1 saturated heterocycles. The lowest BCUT2D eigenvalue weighted by Crippen LogP contribution is -2.34. The monoisotopic (exact) mass is 206 g/mol. The van der Waals surface area contributed by atoms with Crippen LogP contribution in [-0.4, -0.2) is 22.7 Å². The Balaban J connectivity index is 2.03. The molecule has 3 nitrogen and oxygen atoms in total. The fourth-order valence-electron chi connectivity index (χ4n) is 2.08. The number of pyridine rings is 1. The van der Waals surface area contributed by atoms with E-state index in [1.807, 2.05) is 18.2 Å². The van der Waals surface area contributed by atoms with Gasteiger partial charge in [0.25, 0.3) is 0 Å². The third-order valence-electron chi connectivity index (χ3n) is 2.97. The van der Waals surface area contributed by atoms with E-state index in [1.54, 1.807) is 6.20 Å². The summed E-state index contributed by atoms with van der Waals surface area (Å²) in [5.41, 5.74) is 0.775. The fraction of sp³-hybridized carbons (Fsp3) is 0.583. The molecular formula is C12H18N2O. The zero-order valence-corrected chi connectivity index (χ0v) is 8.89. The lowest BCUT2D eigenvalue weighted by atomic mass is 10.0. The highest BCUT2D eigenvalue weighted by atomic mass is 16.3. The summed E-state index contributed by atoms with van der Waals surface area (Å²) in [4.78, 5) is 4.19. The molecule has 0 aliphatic carbocycles. The van der Waals surface area contributed by atoms with Crippen molar-refractivity contribution >= 4 is 0 Å². The minimum absolute atomic E-state index is 0.169. The predicted octanol–water partition coefficient (Wildman–Crippen LogP) is 1.65. The van der Waals surface area contributed by atoms with Gasteiger partial charge in [0, 0.05) is 12.2 Å². The van der Waals surface area contributed by atoms with Crippen molar-refractivity contribution in [3.05, 3.63) is 30.1 Å². The number of nitrogens with one attached hydrogen (secondary N) is 1. The molecule has 1 aliphatic heterocycles. The van der Waals surface area contributed by atoms with Crippen molar-refractivity contribution in [3.8, 4) is 0 Å². The molecule has 2 unspecified atom stereocenters. The zero-order valence-electron chi connectivity index (χ0n) is 8.89. The largest absolute Gasteiger partial charge is 0.385 e. The highest BCUT2D eigenvalue weighted by Crippen LogP contribution is 2.20. The zero-order chi connectivity index (χ0) is 10.5. The quantitative estimate of drug-likeness (QED) is 0.773. The minimum Gasteiger partial charge on any atom is -0.385 e. The van der Waals surface area contributed by atoms with E-state index in [2.05, 4.69) is 10.3 Å². The van der Waals surface area contributed by atoms with Crippen molar-refractivity contribution in [1.82, 2.24) is 10.3 Å². The average molecular weight is 206 g/mol. The highest BCUT2D eigenvalue weighted by Gasteiger charge is 2.22. The number of nitrogens with zero attached hydrogens (tertiary/aromatic N) is 1. The van der Waals surface area contributed by atoms with Crippen molar-refractivity contribution in [1.29, 1.82) is 0 Å². The molecule has 1 aliphatic rings. The van der Waals surface area contributed by atoms with Gasteiger partial charge in [0.1, 0.15) is 6.10 Å². The Kier molecular flexibility index (Phi) is 3.69. The van der Waals surface area contributed by atoms with Crippen LogP contribution in [0.5, 0.6) is 0 Å². The van der Waals surface area contributed by atoms with Gasteiger partial charge in [0.2, 0.25) is 0 Å². The topological polar surface area (TPSA) is 45.2 Å². The van der Waals surface area contributed by atoms with Crippen molar-refractivity contribution in [2.75, 3.05) is 6.54 Å². The van der Waals surface area contributed by atoms with Gasteiger partial charge in [-0.1, -0.05) is 18.9 Å². The molecule has 0 amide bonds. The number of hydrogen-bond donors (Lipinski definition) is 2. The van der Waals surface area contributed by atoms with E-state index in [9.17, 15) is 5.11 Å². The first kappa shape index (κ1) is 10.6. The van der Waals surface area contributed by atoms with Crippen LogP contribution in [0.4, 0.5) is 0 Å². The Bertz CT molecular complexity index is 281. The Morgan fingerprint density at radius 2 is 2.27 bits per heavy atom. The first-order valence-corrected chi connectivity index (χ1v) is 5.70. The van der Waals surface area contributed by atoms with Gasteiger partial charge in [-0.3, -0.25) is 4.98 Å². The third kappa shape index (κ3) is 2.76. The summed E-state index contributed by atoms with van der Waals surface area (Å²) in [5, 5.41) is 13.5. The summed E-state index contributed by atoms with van der Waals surface area (Å²) in [6.07, 6.45) is 5.97. The summed E-state index contributed by atoms with van der Waals surface area (Å²) in [5.74, 6) is 0. The van der Waals surface area contributed by atoms with Crippen molar-refractivity contribution in [3.63, 3.8) is 0 Å². The van der Waals surface area contributed by atoms with E-state index in [0.29, 0.717) is 0 Å². The van der Waals surface area contributed by atoms with Crippen molar-refractivity contribution in [2.45, 2.75) is 37.8 Å². The number of hydrogen-bond acceptors (Lipinski definition) is 3. The van der Waals surface area contributed by atoms with Crippen LogP contribution in [0.15, 0.2) is 24.4 Å². The van der Waals surface area contributed by atoms with Crippen molar-refractivity contribution < 1.29 is 5.11 Å². The Labute approximate surface area is 90.5 Å². The number of aromatic nitrogens is 1. The van der Waals surface area contributed by atoms with Crippen molar-refractivity contribution in [2.24, 2.45) is 0 Å². The molecule has 2 heterocycles. The van der Waals surface area contributed by atoms with E-state index in [-0.39, 0.29) is 6.04 Å². The minimum atomic E-state index is -0.468. The molecule has 0 radical (unpaired) electrons. The molecular weight excluding hydrogens is 188 g/mol. The van der Waals surface area contributed by atoms with Crippen LogP contribution < -0.4 is 5.32 Å². The molecule has 0 spiro atoms. The third-order valence-corrected chi connectivity index (χ3v) is 2.97. The summed E-state index contributed by atoms with van der Waals surface area (Å²) in [6, 6.07) is 5.85. The first-order chi connectivity index (χ1) is 7.38. The Morgan fingerprint density at radius 1 is 1.33 bits per heavy atom. The van der Waals surface area contributed by atoms with Gasteiger partial charge >= 0.3 is 0 Å². The standard InChI is InChI=1S/C12H18N2O/c15-12(11-7-3-5-9-14-11)10-6-2-1-4-8-13-10/h3,5,7,9-10,12-13,15H,1-2,4,6,8H2. The lowest BCUT2D eigenvalue weighted by Gasteiger charge is -2.21. The van der Waals surface area contributed by atoms with Crippen LogP contribution >= 0.6 is 0 Å². The number of rotatable bonds is 2. The van der Waals surface area contributed by atoms with Crippen LogP contribution in [-0.2, 0) is 0 Å². The van der Waals surface area contributed by atoms with E-state index in [4.69, 9.17) is 0 Å². The van der Waals surface area contributed by atoms with Gasteiger partial charge < -0.3 is 10.4 Å². The second-order valence-electron chi connectivity index (χ2n) is 4.11. The molecule has 1 aromatic heterocycles. The molecule has 1 fully saturated rings. The predicted molar refractivity (Wildman–Crippen MR) is 59.5 cm³/mol. The van der Waals surface area contributed by atoms with E-state index in [0.717, 1.165) is 18.7 Å². The number of aliphatic hydroxyl groups excluding tert-OH is 1. The maximum atomic E-state index is 10.1. The Hall–Kier alpha value is -0.930. The van der Waals surface area contributed by atoms with E-state index >= 15 is 0 Å². The molecule has 2 N–H and O–H groups in total. The van der Waals surface area contributed by atoms with Gasteiger partial charge in [-0.25, -0.2) is 0 Å². The van der Waals surface area contributed by atoms with Gasteiger partial charge in [-0.2, -0.15) is 0 Å². The molecule has 1 aromatic rings. The highest BCUT2D eigenvalue weighted by molar-refractivity contribution is 5.09. The van der Waals surface area contributed by atoms with Crippen LogP contribution in [0.2, 0.25) is 0 Å². The van der Waals surface area contributed by atoms with E-state index in [1.165, 1.54) is 19.3 Å². The van der Waals surface area contributed by atoms with Crippen LogP contribution in [0, 0.1) is 0 Å². The fourth-order valence-corrected chi connectivity index (χ4v) is 2.08. The SMILES string of the molecule is OC(c1ccccn1)C1CCCCCN1. The molecule has 2 atom stereocenters. The molecule has 0 bridgehead atoms. The van der Waals surface area contributed by atoms with Crippen LogP contribution in [0.25, 0.3) is 0 Å². The maximum absolute atomic E-state index is 10.1.